The molecular weight excluding hydrogens is 274 g/mol. The largest absolute Gasteiger partial charge is 0.380 e. The van der Waals surface area contributed by atoms with Crippen LogP contribution < -0.4 is 5.73 Å². The SMILES string of the molecule is CCOC[C@@]1(N)[C@@H](c2ccc(CC)cc2)[C@@H]1S(C)(=O)=O. The third kappa shape index (κ3) is 2.75. The molecule has 1 saturated carbocycles. The van der Waals surface area contributed by atoms with Gasteiger partial charge in [-0.2, -0.15) is 0 Å². The number of sulfone groups is 1. The Labute approximate surface area is 121 Å². The van der Waals surface area contributed by atoms with Crippen molar-refractivity contribution in [3.8, 4) is 0 Å². The molecule has 0 heterocycles. The monoisotopic (exact) mass is 297 g/mol. The maximum Gasteiger partial charge on any atom is 0.152 e. The quantitative estimate of drug-likeness (QED) is 0.864. The van der Waals surface area contributed by atoms with Crippen LogP contribution in [0.15, 0.2) is 24.3 Å². The Morgan fingerprint density at radius 2 is 1.85 bits per heavy atom. The summed E-state index contributed by atoms with van der Waals surface area (Å²) < 4.78 is 29.3. The van der Waals surface area contributed by atoms with Crippen molar-refractivity contribution in [3.05, 3.63) is 35.4 Å². The maximum atomic E-state index is 11.9. The molecule has 1 aliphatic carbocycles. The molecule has 0 bridgehead atoms. The van der Waals surface area contributed by atoms with Crippen LogP contribution in [0.25, 0.3) is 0 Å². The number of hydrogen-bond donors (Lipinski definition) is 1. The Kier molecular flexibility index (Phi) is 4.23. The van der Waals surface area contributed by atoms with Crippen LogP contribution in [0.1, 0.15) is 30.9 Å². The summed E-state index contributed by atoms with van der Waals surface area (Å²) in [4.78, 5) is 0. The van der Waals surface area contributed by atoms with Gasteiger partial charge in [0.2, 0.25) is 0 Å². The summed E-state index contributed by atoms with van der Waals surface area (Å²) >= 11 is 0. The Morgan fingerprint density at radius 3 is 2.30 bits per heavy atom. The summed E-state index contributed by atoms with van der Waals surface area (Å²) in [5.41, 5.74) is 7.73. The van der Waals surface area contributed by atoms with Gasteiger partial charge in [0.05, 0.1) is 17.4 Å². The summed E-state index contributed by atoms with van der Waals surface area (Å²) in [5, 5.41) is -0.547. The van der Waals surface area contributed by atoms with Crippen LogP contribution in [-0.4, -0.2) is 38.7 Å². The van der Waals surface area contributed by atoms with E-state index in [-0.39, 0.29) is 12.5 Å². The van der Waals surface area contributed by atoms with Gasteiger partial charge in [-0.3, -0.25) is 0 Å². The standard InChI is InChI=1S/C15H23NO3S/c1-4-11-6-8-12(9-7-11)13-14(20(3,17)18)15(13,16)10-19-5-2/h6-9,13-14H,4-5,10,16H2,1-3H3/t13-,14-,15+/m0/s1. The fraction of sp³-hybridized carbons (Fsp3) is 0.600. The molecule has 0 unspecified atom stereocenters. The first-order chi connectivity index (χ1) is 9.34. The average Bonchev–Trinajstić information content (AvgIpc) is 3.03. The second kappa shape index (κ2) is 5.47. The zero-order valence-electron chi connectivity index (χ0n) is 12.3. The molecule has 0 spiro atoms. The lowest BCUT2D eigenvalue weighted by Gasteiger charge is -2.11. The lowest BCUT2D eigenvalue weighted by molar-refractivity contribution is 0.125. The molecule has 0 amide bonds. The van der Waals surface area contributed by atoms with E-state index in [1.807, 2.05) is 31.2 Å². The molecule has 112 valence electrons. The normalized spacial score (nSPS) is 29.4. The predicted molar refractivity (Wildman–Crippen MR) is 80.6 cm³/mol. The lowest BCUT2D eigenvalue weighted by Crippen LogP contribution is -2.36. The lowest BCUT2D eigenvalue weighted by atomic mass is 10.0. The third-order valence-corrected chi connectivity index (χ3v) is 5.70. The van der Waals surface area contributed by atoms with Crippen LogP contribution >= 0.6 is 0 Å². The summed E-state index contributed by atoms with van der Waals surface area (Å²) in [6.07, 6.45) is 2.22. The minimum atomic E-state index is -3.19. The topological polar surface area (TPSA) is 69.4 Å². The van der Waals surface area contributed by atoms with Crippen molar-refractivity contribution in [1.82, 2.24) is 0 Å². The minimum absolute atomic E-state index is 0.171. The van der Waals surface area contributed by atoms with Crippen LogP contribution in [0.5, 0.6) is 0 Å². The highest BCUT2D eigenvalue weighted by Gasteiger charge is 2.67. The molecule has 1 aromatic rings. The zero-order chi connectivity index (χ0) is 15.0. The van der Waals surface area contributed by atoms with Crippen molar-refractivity contribution >= 4 is 9.84 Å². The van der Waals surface area contributed by atoms with Gasteiger partial charge >= 0.3 is 0 Å². The van der Waals surface area contributed by atoms with Crippen molar-refractivity contribution in [1.29, 1.82) is 0 Å². The summed E-state index contributed by atoms with van der Waals surface area (Å²) in [6.45, 7) is 4.79. The fourth-order valence-electron chi connectivity index (χ4n) is 2.97. The fourth-order valence-corrected chi connectivity index (χ4v) is 4.80. The first-order valence-corrected chi connectivity index (χ1v) is 8.94. The van der Waals surface area contributed by atoms with Gasteiger partial charge in [0.1, 0.15) is 0 Å². The molecule has 1 fully saturated rings. The number of hydrogen-bond acceptors (Lipinski definition) is 4. The number of nitrogens with two attached hydrogens (primary N) is 1. The third-order valence-electron chi connectivity index (χ3n) is 4.07. The molecule has 1 aliphatic rings. The molecule has 1 aromatic carbocycles. The van der Waals surface area contributed by atoms with E-state index in [0.717, 1.165) is 12.0 Å². The summed E-state index contributed by atoms with van der Waals surface area (Å²) in [7, 11) is -3.19. The molecule has 0 aromatic heterocycles. The van der Waals surface area contributed by atoms with Crippen molar-refractivity contribution in [2.75, 3.05) is 19.5 Å². The molecule has 20 heavy (non-hydrogen) atoms. The Balaban J connectivity index is 2.28. The van der Waals surface area contributed by atoms with E-state index in [1.165, 1.54) is 11.8 Å². The molecule has 3 atom stereocenters. The van der Waals surface area contributed by atoms with E-state index in [4.69, 9.17) is 10.5 Å². The predicted octanol–water partition coefficient (Wildman–Crippen LogP) is 1.49. The van der Waals surface area contributed by atoms with Crippen molar-refractivity contribution in [2.45, 2.75) is 37.0 Å². The molecule has 4 nitrogen and oxygen atoms in total. The smallest absolute Gasteiger partial charge is 0.152 e. The van der Waals surface area contributed by atoms with Gasteiger partial charge in [0.25, 0.3) is 0 Å². The van der Waals surface area contributed by atoms with Crippen LogP contribution in [0, 0.1) is 0 Å². The molecule has 2 N–H and O–H groups in total. The molecule has 0 aliphatic heterocycles. The highest BCUT2D eigenvalue weighted by molar-refractivity contribution is 7.91. The van der Waals surface area contributed by atoms with Crippen LogP contribution in [0.4, 0.5) is 0 Å². The minimum Gasteiger partial charge on any atom is -0.380 e. The first kappa shape index (κ1) is 15.5. The van der Waals surface area contributed by atoms with Gasteiger partial charge in [0.15, 0.2) is 9.84 Å². The Bertz CT molecular complexity index is 567. The molecule has 0 saturated heterocycles. The Hall–Kier alpha value is -0.910. The number of aryl methyl sites for hydroxylation is 1. The number of ether oxygens (including phenoxy) is 1. The van der Waals surface area contributed by atoms with E-state index in [2.05, 4.69) is 6.92 Å². The second-order valence-corrected chi connectivity index (χ2v) is 7.74. The van der Waals surface area contributed by atoms with E-state index >= 15 is 0 Å². The second-order valence-electron chi connectivity index (χ2n) is 5.57. The highest BCUT2D eigenvalue weighted by atomic mass is 32.2. The van der Waals surface area contributed by atoms with Crippen molar-refractivity contribution < 1.29 is 13.2 Å². The number of benzene rings is 1. The van der Waals surface area contributed by atoms with E-state index in [1.54, 1.807) is 0 Å². The van der Waals surface area contributed by atoms with Crippen LogP contribution in [-0.2, 0) is 21.0 Å². The average molecular weight is 297 g/mol. The first-order valence-electron chi connectivity index (χ1n) is 6.99. The Morgan fingerprint density at radius 1 is 1.25 bits per heavy atom. The summed E-state index contributed by atoms with van der Waals surface area (Å²) in [6, 6.07) is 8.05. The molecule has 0 radical (unpaired) electrons. The van der Waals surface area contributed by atoms with E-state index in [0.29, 0.717) is 6.61 Å². The van der Waals surface area contributed by atoms with E-state index in [9.17, 15) is 8.42 Å². The van der Waals surface area contributed by atoms with Gasteiger partial charge < -0.3 is 10.5 Å². The van der Waals surface area contributed by atoms with Crippen molar-refractivity contribution in [2.24, 2.45) is 5.73 Å². The number of rotatable bonds is 6. The van der Waals surface area contributed by atoms with E-state index < -0.39 is 20.6 Å². The van der Waals surface area contributed by atoms with Gasteiger partial charge in [0, 0.05) is 18.8 Å². The van der Waals surface area contributed by atoms with Crippen LogP contribution in [0.2, 0.25) is 0 Å². The zero-order valence-corrected chi connectivity index (χ0v) is 13.1. The van der Waals surface area contributed by atoms with Gasteiger partial charge in [-0.05, 0) is 24.5 Å². The maximum absolute atomic E-state index is 11.9. The molecule has 2 rings (SSSR count). The van der Waals surface area contributed by atoms with Gasteiger partial charge in [-0.15, -0.1) is 0 Å². The molecule has 5 heteroatoms. The van der Waals surface area contributed by atoms with Gasteiger partial charge in [-0.25, -0.2) is 8.42 Å². The summed E-state index contributed by atoms with van der Waals surface area (Å²) in [5.74, 6) is -0.171. The van der Waals surface area contributed by atoms with Crippen molar-refractivity contribution in [3.63, 3.8) is 0 Å². The molecular formula is C15H23NO3S. The highest BCUT2D eigenvalue weighted by Crippen LogP contribution is 2.54. The van der Waals surface area contributed by atoms with Gasteiger partial charge in [-0.1, -0.05) is 31.2 Å². The van der Waals surface area contributed by atoms with Crippen LogP contribution in [0.3, 0.4) is 0 Å².